The third-order valence-electron chi connectivity index (χ3n) is 9.42. The molecule has 0 aromatic heterocycles. The van der Waals surface area contributed by atoms with E-state index in [0.717, 1.165) is 32.5 Å². The predicted octanol–water partition coefficient (Wildman–Crippen LogP) is 11.3. The van der Waals surface area contributed by atoms with Crippen LogP contribution in [-0.4, -0.2) is 42.8 Å². The van der Waals surface area contributed by atoms with Gasteiger partial charge in [-0.2, -0.15) is 0 Å². The number of nitrogens with one attached hydrogen (secondary N) is 1. The van der Waals surface area contributed by atoms with Crippen LogP contribution in [0.5, 0.6) is 0 Å². The molecule has 0 aromatic rings. The van der Waals surface area contributed by atoms with Gasteiger partial charge < -0.3 is 10.2 Å². The van der Waals surface area contributed by atoms with E-state index in [1.54, 1.807) is 0 Å². The highest BCUT2D eigenvalue weighted by molar-refractivity contribution is 5.87. The van der Waals surface area contributed by atoms with Crippen molar-refractivity contribution in [3.8, 4) is 0 Å². The molecule has 0 saturated heterocycles. The minimum Gasteiger partial charge on any atom is -0.356 e. The molecule has 1 aliphatic heterocycles. The molecule has 0 aliphatic carbocycles. The molecule has 0 bridgehead atoms. The second-order valence-electron chi connectivity index (χ2n) is 13.9. The van der Waals surface area contributed by atoms with Crippen molar-refractivity contribution in [2.75, 3.05) is 26.2 Å². The molecular weight excluding hydrogens is 538 g/mol. The average Bonchev–Trinajstić information content (AvgIpc) is 3.49. The Bertz CT molecular complexity index is 773. The van der Waals surface area contributed by atoms with Gasteiger partial charge in [-0.05, 0) is 37.5 Å². The Morgan fingerprint density at radius 2 is 1.18 bits per heavy atom. The van der Waals surface area contributed by atoms with E-state index in [0.29, 0.717) is 24.3 Å². The molecule has 1 rings (SSSR count). The molecule has 1 amide bonds. The van der Waals surface area contributed by atoms with Gasteiger partial charge in [-0.1, -0.05) is 169 Å². The van der Waals surface area contributed by atoms with Crippen LogP contribution in [0.3, 0.4) is 0 Å². The highest BCUT2D eigenvalue weighted by Gasteiger charge is 2.24. The molecular formula is C40H75N3O. The van der Waals surface area contributed by atoms with Crippen molar-refractivity contribution >= 4 is 11.7 Å². The fourth-order valence-electron chi connectivity index (χ4n) is 6.36. The molecule has 0 aromatic carbocycles. The van der Waals surface area contributed by atoms with Gasteiger partial charge >= 0.3 is 0 Å². The maximum atomic E-state index is 13.4. The second-order valence-corrected chi connectivity index (χ2v) is 13.9. The van der Waals surface area contributed by atoms with Crippen molar-refractivity contribution in [2.24, 2.45) is 28.7 Å². The molecule has 1 N–H and O–H groups in total. The van der Waals surface area contributed by atoms with Crippen LogP contribution in [0.4, 0.5) is 0 Å². The first-order valence-corrected chi connectivity index (χ1v) is 19.4. The predicted molar refractivity (Wildman–Crippen MR) is 196 cm³/mol. The standard InChI is InChI=1S/C40H75N3O/c1-7-11-15-19-23-35(5)27-29-37(25-21-17-13-9-3)39-41-31-33-43(39)34-32-42-40(44)38(26-22-18-14-10-4)30-28-36(6)24-20-16-12-8-2/h27-30,35-38H,7-26,31-34H2,1-6H3,(H,42,44)/b29-27-,30-28-. The summed E-state index contributed by atoms with van der Waals surface area (Å²) in [6.45, 7) is 17.2. The number of hydrogen-bond acceptors (Lipinski definition) is 3. The summed E-state index contributed by atoms with van der Waals surface area (Å²) in [5.41, 5.74) is 0. The monoisotopic (exact) mass is 614 g/mol. The Balaban J connectivity index is 2.74. The first-order valence-electron chi connectivity index (χ1n) is 19.4. The van der Waals surface area contributed by atoms with Gasteiger partial charge in [-0.3, -0.25) is 9.79 Å². The summed E-state index contributed by atoms with van der Waals surface area (Å²) in [4.78, 5) is 20.9. The first kappa shape index (κ1) is 40.4. The van der Waals surface area contributed by atoms with Crippen molar-refractivity contribution in [3.05, 3.63) is 24.3 Å². The SMILES string of the molecule is CCCCCCC(C)/C=C\C(CCCCCC)C(=O)NCCN1CCN=C1C(/C=C\C(C)CCCCCC)CCCCCC. The maximum absolute atomic E-state index is 13.4. The van der Waals surface area contributed by atoms with Gasteiger partial charge in [0, 0.05) is 25.6 Å². The number of unbranched alkanes of at least 4 members (excludes halogenated alkanes) is 12. The molecule has 0 spiro atoms. The molecule has 4 heteroatoms. The van der Waals surface area contributed by atoms with Gasteiger partial charge in [-0.25, -0.2) is 0 Å². The van der Waals surface area contributed by atoms with E-state index in [9.17, 15) is 4.79 Å². The third-order valence-corrected chi connectivity index (χ3v) is 9.42. The van der Waals surface area contributed by atoms with Gasteiger partial charge in [0.05, 0.1) is 12.5 Å². The van der Waals surface area contributed by atoms with E-state index in [1.807, 2.05) is 0 Å². The number of allylic oxidation sites excluding steroid dienone is 2. The van der Waals surface area contributed by atoms with Crippen LogP contribution in [0.15, 0.2) is 29.3 Å². The molecule has 256 valence electrons. The summed E-state index contributed by atoms with van der Waals surface area (Å²) in [5.74, 6) is 3.03. The Kier molecular flexibility index (Phi) is 25.5. The quantitative estimate of drug-likeness (QED) is 0.0673. The number of amidine groups is 1. The van der Waals surface area contributed by atoms with Crippen LogP contribution < -0.4 is 5.32 Å². The zero-order valence-electron chi connectivity index (χ0n) is 30.4. The average molecular weight is 614 g/mol. The van der Waals surface area contributed by atoms with Crippen LogP contribution in [0.1, 0.15) is 170 Å². The van der Waals surface area contributed by atoms with Gasteiger partial charge in [0.1, 0.15) is 5.84 Å². The number of aliphatic imine (C=N–C) groups is 1. The topological polar surface area (TPSA) is 44.7 Å². The summed E-state index contributed by atoms with van der Waals surface area (Å²) in [6, 6.07) is 0. The fourth-order valence-corrected chi connectivity index (χ4v) is 6.36. The molecule has 4 atom stereocenters. The lowest BCUT2D eigenvalue weighted by molar-refractivity contribution is -0.123. The Labute approximate surface area is 275 Å². The molecule has 0 radical (unpaired) electrons. The highest BCUT2D eigenvalue weighted by atomic mass is 16.1. The summed E-state index contributed by atoms with van der Waals surface area (Å²) in [6.07, 6.45) is 34.7. The minimum absolute atomic E-state index is 0.00951. The minimum atomic E-state index is -0.00951. The van der Waals surface area contributed by atoms with Crippen LogP contribution in [0, 0.1) is 23.7 Å². The molecule has 44 heavy (non-hydrogen) atoms. The lowest BCUT2D eigenvalue weighted by Crippen LogP contribution is -2.40. The van der Waals surface area contributed by atoms with Crippen molar-refractivity contribution < 1.29 is 4.79 Å². The number of carbonyl (C=O) groups is 1. The first-order chi connectivity index (χ1) is 21.5. The summed E-state index contributed by atoms with van der Waals surface area (Å²) in [7, 11) is 0. The summed E-state index contributed by atoms with van der Waals surface area (Å²) in [5, 5.41) is 3.33. The number of carbonyl (C=O) groups excluding carboxylic acids is 1. The summed E-state index contributed by atoms with van der Waals surface area (Å²) < 4.78 is 0. The van der Waals surface area contributed by atoms with Crippen LogP contribution in [-0.2, 0) is 4.79 Å². The number of amides is 1. The Morgan fingerprint density at radius 1 is 0.682 bits per heavy atom. The van der Waals surface area contributed by atoms with Crippen LogP contribution in [0.25, 0.3) is 0 Å². The lowest BCUT2D eigenvalue weighted by Gasteiger charge is -2.26. The van der Waals surface area contributed by atoms with Crippen molar-refractivity contribution in [2.45, 2.75) is 170 Å². The Morgan fingerprint density at radius 3 is 1.73 bits per heavy atom. The highest BCUT2D eigenvalue weighted by Crippen LogP contribution is 2.22. The van der Waals surface area contributed by atoms with Crippen LogP contribution in [0.2, 0.25) is 0 Å². The van der Waals surface area contributed by atoms with Crippen molar-refractivity contribution in [1.29, 1.82) is 0 Å². The van der Waals surface area contributed by atoms with Gasteiger partial charge in [0.2, 0.25) is 5.91 Å². The third kappa shape index (κ3) is 19.7. The largest absolute Gasteiger partial charge is 0.356 e. The maximum Gasteiger partial charge on any atom is 0.226 e. The zero-order valence-corrected chi connectivity index (χ0v) is 30.4. The van der Waals surface area contributed by atoms with Crippen molar-refractivity contribution in [1.82, 2.24) is 10.2 Å². The molecule has 1 heterocycles. The van der Waals surface area contributed by atoms with Gasteiger partial charge in [-0.15, -0.1) is 0 Å². The summed E-state index contributed by atoms with van der Waals surface area (Å²) >= 11 is 0. The van der Waals surface area contributed by atoms with E-state index < -0.39 is 0 Å². The lowest BCUT2D eigenvalue weighted by atomic mass is 9.95. The molecule has 0 saturated carbocycles. The molecule has 4 unspecified atom stereocenters. The zero-order chi connectivity index (χ0) is 32.3. The van der Waals surface area contributed by atoms with E-state index in [-0.39, 0.29) is 11.8 Å². The molecule has 0 fully saturated rings. The van der Waals surface area contributed by atoms with E-state index in [4.69, 9.17) is 4.99 Å². The Hall–Kier alpha value is -1.58. The van der Waals surface area contributed by atoms with Gasteiger partial charge in [0.15, 0.2) is 0 Å². The number of hydrogen-bond donors (Lipinski definition) is 1. The van der Waals surface area contributed by atoms with E-state index in [1.165, 1.54) is 121 Å². The van der Waals surface area contributed by atoms with E-state index in [2.05, 4.69) is 76.1 Å². The number of rotatable bonds is 29. The fraction of sp³-hybridized carbons (Fsp3) is 0.850. The molecule has 4 nitrogen and oxygen atoms in total. The van der Waals surface area contributed by atoms with Crippen LogP contribution >= 0.6 is 0 Å². The number of nitrogens with zero attached hydrogens (tertiary/aromatic N) is 2. The normalized spacial score (nSPS) is 16.5. The second kappa shape index (κ2) is 27.7. The molecule has 1 aliphatic rings. The van der Waals surface area contributed by atoms with E-state index >= 15 is 0 Å². The van der Waals surface area contributed by atoms with Crippen molar-refractivity contribution in [3.63, 3.8) is 0 Å². The van der Waals surface area contributed by atoms with Gasteiger partial charge in [0.25, 0.3) is 0 Å². The smallest absolute Gasteiger partial charge is 0.226 e.